The monoisotopic (exact) mass is 271 g/mol. The van der Waals surface area contributed by atoms with Crippen LogP contribution in [0.5, 0.6) is 5.75 Å². The summed E-state index contributed by atoms with van der Waals surface area (Å²) in [4.78, 5) is 2.08. The molecular weight excluding hydrogens is 250 g/mol. The average molecular weight is 271 g/mol. The van der Waals surface area contributed by atoms with Gasteiger partial charge in [-0.05, 0) is 31.2 Å². The molecule has 0 heterocycles. The van der Waals surface area contributed by atoms with Crippen molar-refractivity contribution in [1.82, 2.24) is 4.90 Å². The van der Waals surface area contributed by atoms with Crippen molar-refractivity contribution in [3.63, 3.8) is 0 Å². The second-order valence-corrected chi connectivity index (χ2v) is 6.79. The first-order chi connectivity index (χ1) is 8.33. The summed E-state index contributed by atoms with van der Waals surface area (Å²) in [7, 11) is -2.94. The van der Waals surface area contributed by atoms with Crippen LogP contribution in [0.25, 0.3) is 0 Å². The van der Waals surface area contributed by atoms with Gasteiger partial charge in [-0.2, -0.15) is 0 Å². The molecule has 0 spiro atoms. The van der Waals surface area contributed by atoms with Crippen LogP contribution < -0.4 is 0 Å². The van der Waals surface area contributed by atoms with Crippen LogP contribution in [0.1, 0.15) is 25.5 Å². The lowest BCUT2D eigenvalue weighted by Crippen LogP contribution is -2.31. The van der Waals surface area contributed by atoms with E-state index < -0.39 is 9.84 Å². The van der Waals surface area contributed by atoms with E-state index in [4.69, 9.17) is 0 Å². The normalized spacial score (nSPS) is 13.8. The fourth-order valence-corrected chi connectivity index (χ4v) is 2.47. The highest BCUT2D eigenvalue weighted by molar-refractivity contribution is 7.90. The Hall–Kier alpha value is -1.07. The molecule has 0 bridgehead atoms. The van der Waals surface area contributed by atoms with Crippen molar-refractivity contribution in [2.24, 2.45) is 0 Å². The van der Waals surface area contributed by atoms with Gasteiger partial charge in [-0.15, -0.1) is 0 Å². The number of rotatable bonds is 6. The molecule has 1 rings (SSSR count). The van der Waals surface area contributed by atoms with E-state index in [0.717, 1.165) is 12.1 Å². The summed E-state index contributed by atoms with van der Waals surface area (Å²) in [6, 6.07) is 7.17. The number of nitrogens with zero attached hydrogens (tertiary/aromatic N) is 1. The molecule has 0 radical (unpaired) electrons. The predicted molar refractivity (Wildman–Crippen MR) is 73.5 cm³/mol. The minimum absolute atomic E-state index is 0.0869. The maximum absolute atomic E-state index is 11.2. The maximum Gasteiger partial charge on any atom is 0.148 e. The molecule has 0 fully saturated rings. The van der Waals surface area contributed by atoms with Crippen molar-refractivity contribution in [2.45, 2.75) is 19.9 Å². The summed E-state index contributed by atoms with van der Waals surface area (Å²) in [6.45, 7) is 5.29. The molecule has 0 saturated heterocycles. The quantitative estimate of drug-likeness (QED) is 0.857. The molecule has 0 aliphatic rings. The van der Waals surface area contributed by atoms with Gasteiger partial charge in [0.15, 0.2) is 0 Å². The van der Waals surface area contributed by atoms with Crippen LogP contribution in [-0.2, 0) is 9.84 Å². The smallest absolute Gasteiger partial charge is 0.148 e. The first-order valence-electron chi connectivity index (χ1n) is 6.04. The summed E-state index contributed by atoms with van der Waals surface area (Å²) in [5.41, 5.74) is 0.991. The van der Waals surface area contributed by atoms with Gasteiger partial charge in [-0.3, -0.25) is 4.90 Å². The Kier molecular flexibility index (Phi) is 5.16. The van der Waals surface area contributed by atoms with E-state index >= 15 is 0 Å². The highest BCUT2D eigenvalue weighted by Gasteiger charge is 2.16. The number of sulfone groups is 1. The zero-order chi connectivity index (χ0) is 13.8. The van der Waals surface area contributed by atoms with Gasteiger partial charge in [0.25, 0.3) is 0 Å². The molecule has 18 heavy (non-hydrogen) atoms. The molecular formula is C13H21NO3S. The molecule has 4 nitrogen and oxygen atoms in total. The first kappa shape index (κ1) is 15.0. The predicted octanol–water partition coefficient (Wildman–Crippen LogP) is 1.82. The van der Waals surface area contributed by atoms with Gasteiger partial charge in [0.2, 0.25) is 0 Å². The lowest BCUT2D eigenvalue weighted by atomic mass is 10.1. The third kappa shape index (κ3) is 4.66. The van der Waals surface area contributed by atoms with Crippen molar-refractivity contribution in [3.8, 4) is 5.75 Å². The third-order valence-electron chi connectivity index (χ3n) is 3.06. The summed E-state index contributed by atoms with van der Waals surface area (Å²) in [6.07, 6.45) is 1.25. The molecule has 0 saturated carbocycles. The summed E-state index contributed by atoms with van der Waals surface area (Å²) >= 11 is 0. The molecule has 1 atom stereocenters. The molecule has 1 N–H and O–H groups in total. The molecule has 0 aromatic heterocycles. The SMILES string of the molecule is CCN(CCS(C)(=O)=O)C(C)c1cccc(O)c1. The Morgan fingerprint density at radius 1 is 1.39 bits per heavy atom. The Balaban J connectivity index is 2.76. The molecule has 1 aromatic rings. The standard InChI is InChI=1S/C13H21NO3S/c1-4-14(8-9-18(3,16)17)11(2)12-6-5-7-13(15)10-12/h5-7,10-11,15H,4,8-9H2,1-3H3. The Bertz CT molecular complexity index is 485. The number of phenols is 1. The number of aromatic hydroxyl groups is 1. The number of phenolic OH excluding ortho intramolecular Hbond substituents is 1. The van der Waals surface area contributed by atoms with Gasteiger partial charge in [0, 0.05) is 18.8 Å². The van der Waals surface area contributed by atoms with Crippen molar-refractivity contribution < 1.29 is 13.5 Å². The topological polar surface area (TPSA) is 57.6 Å². The average Bonchev–Trinajstić information content (AvgIpc) is 2.28. The Morgan fingerprint density at radius 2 is 2.06 bits per heavy atom. The van der Waals surface area contributed by atoms with Gasteiger partial charge in [0.1, 0.15) is 15.6 Å². The van der Waals surface area contributed by atoms with Crippen LogP contribution in [0, 0.1) is 0 Å². The van der Waals surface area contributed by atoms with E-state index in [0.29, 0.717) is 6.54 Å². The molecule has 1 aromatic carbocycles. The van der Waals surface area contributed by atoms with Crippen molar-refractivity contribution >= 4 is 9.84 Å². The second-order valence-electron chi connectivity index (χ2n) is 4.53. The first-order valence-corrected chi connectivity index (χ1v) is 8.10. The van der Waals surface area contributed by atoms with E-state index in [9.17, 15) is 13.5 Å². The Morgan fingerprint density at radius 3 is 2.56 bits per heavy atom. The molecule has 0 aliphatic heterocycles. The van der Waals surface area contributed by atoms with Gasteiger partial charge >= 0.3 is 0 Å². The molecule has 0 aliphatic carbocycles. The van der Waals surface area contributed by atoms with Crippen LogP contribution in [0.2, 0.25) is 0 Å². The van der Waals surface area contributed by atoms with Gasteiger partial charge in [-0.1, -0.05) is 19.1 Å². The zero-order valence-electron chi connectivity index (χ0n) is 11.1. The highest BCUT2D eigenvalue weighted by atomic mass is 32.2. The third-order valence-corrected chi connectivity index (χ3v) is 3.98. The van der Waals surface area contributed by atoms with Crippen LogP contribution in [0.4, 0.5) is 0 Å². The number of hydrogen-bond acceptors (Lipinski definition) is 4. The van der Waals surface area contributed by atoms with Crippen molar-refractivity contribution in [1.29, 1.82) is 0 Å². The fourth-order valence-electron chi connectivity index (χ4n) is 1.90. The van der Waals surface area contributed by atoms with Gasteiger partial charge < -0.3 is 5.11 Å². The highest BCUT2D eigenvalue weighted by Crippen LogP contribution is 2.22. The van der Waals surface area contributed by atoms with Crippen LogP contribution in [-0.4, -0.2) is 43.5 Å². The fraction of sp³-hybridized carbons (Fsp3) is 0.538. The van der Waals surface area contributed by atoms with Crippen LogP contribution in [0.3, 0.4) is 0 Å². The van der Waals surface area contributed by atoms with E-state index in [1.54, 1.807) is 18.2 Å². The summed E-state index contributed by atoms with van der Waals surface area (Å²) in [5.74, 6) is 0.391. The van der Waals surface area contributed by atoms with Crippen LogP contribution in [0.15, 0.2) is 24.3 Å². The van der Waals surface area contributed by atoms with E-state index in [1.165, 1.54) is 6.26 Å². The lowest BCUT2D eigenvalue weighted by molar-refractivity contribution is 0.235. The molecule has 102 valence electrons. The zero-order valence-corrected chi connectivity index (χ0v) is 11.9. The largest absolute Gasteiger partial charge is 0.508 e. The number of hydrogen-bond donors (Lipinski definition) is 1. The maximum atomic E-state index is 11.2. The summed E-state index contributed by atoms with van der Waals surface area (Å²) in [5, 5.41) is 9.46. The van der Waals surface area contributed by atoms with Crippen molar-refractivity contribution in [3.05, 3.63) is 29.8 Å². The Labute approximate surface area is 109 Å². The number of benzene rings is 1. The van der Waals surface area contributed by atoms with E-state index in [1.807, 2.05) is 19.9 Å². The molecule has 1 unspecified atom stereocenters. The second kappa shape index (κ2) is 6.20. The van der Waals surface area contributed by atoms with Gasteiger partial charge in [-0.25, -0.2) is 8.42 Å². The summed E-state index contributed by atoms with van der Waals surface area (Å²) < 4.78 is 22.4. The minimum Gasteiger partial charge on any atom is -0.508 e. The van der Waals surface area contributed by atoms with E-state index in [-0.39, 0.29) is 17.5 Å². The van der Waals surface area contributed by atoms with Crippen molar-refractivity contribution in [2.75, 3.05) is 25.1 Å². The van der Waals surface area contributed by atoms with Gasteiger partial charge in [0.05, 0.1) is 5.75 Å². The van der Waals surface area contributed by atoms with Crippen LogP contribution >= 0.6 is 0 Å². The molecule has 0 amide bonds. The lowest BCUT2D eigenvalue weighted by Gasteiger charge is -2.27. The molecule has 5 heteroatoms. The minimum atomic E-state index is -2.94. The van der Waals surface area contributed by atoms with E-state index in [2.05, 4.69) is 4.90 Å².